The number of rotatable bonds is 6. The summed E-state index contributed by atoms with van der Waals surface area (Å²) < 4.78 is 39.7. The van der Waals surface area contributed by atoms with E-state index in [0.29, 0.717) is 19.8 Å². The van der Waals surface area contributed by atoms with Gasteiger partial charge in [0.05, 0.1) is 37.5 Å². The van der Waals surface area contributed by atoms with Gasteiger partial charge in [-0.05, 0) is 31.9 Å². The molecule has 4 rings (SSSR count). The van der Waals surface area contributed by atoms with Gasteiger partial charge in [-0.3, -0.25) is 14.4 Å². The van der Waals surface area contributed by atoms with Crippen LogP contribution in [-0.2, 0) is 17.7 Å². The molecule has 2 atom stereocenters. The number of morpholine rings is 1. The van der Waals surface area contributed by atoms with Gasteiger partial charge in [-0.2, -0.15) is 0 Å². The number of hydrogen-bond acceptors (Lipinski definition) is 5. The fraction of sp³-hybridized carbons (Fsp3) is 0.435. The van der Waals surface area contributed by atoms with Crippen molar-refractivity contribution >= 4 is 11.7 Å². The summed E-state index contributed by atoms with van der Waals surface area (Å²) in [7, 11) is 0. The third kappa shape index (κ3) is 3.92. The van der Waals surface area contributed by atoms with Crippen molar-refractivity contribution in [2.24, 2.45) is 0 Å². The number of ketones is 1. The van der Waals surface area contributed by atoms with Gasteiger partial charge in [0.2, 0.25) is 5.43 Å². The van der Waals surface area contributed by atoms with Crippen LogP contribution in [0.3, 0.4) is 0 Å². The predicted octanol–water partition coefficient (Wildman–Crippen LogP) is 2.58. The van der Waals surface area contributed by atoms with Crippen LogP contribution in [-0.4, -0.2) is 53.1 Å². The number of aryl methyl sites for hydroxylation is 1. The fourth-order valence-corrected chi connectivity index (χ4v) is 4.34. The lowest BCUT2D eigenvalue weighted by atomic mass is 10.0. The van der Waals surface area contributed by atoms with Gasteiger partial charge in [0, 0.05) is 25.2 Å². The van der Waals surface area contributed by atoms with E-state index in [-0.39, 0.29) is 60.0 Å². The molecule has 1 amide bonds. The number of fused-ring (bicyclic) bond motifs is 2. The second kappa shape index (κ2) is 8.82. The molecule has 2 aliphatic heterocycles. The molecule has 9 heteroatoms. The Morgan fingerprint density at radius 1 is 1.25 bits per heavy atom. The number of benzene rings is 1. The second-order valence-electron chi connectivity index (χ2n) is 8.05. The molecular weight excluding hydrogens is 422 g/mol. The van der Waals surface area contributed by atoms with E-state index < -0.39 is 22.8 Å². The smallest absolute Gasteiger partial charge is 0.275 e. The molecule has 7 nitrogen and oxygen atoms in total. The van der Waals surface area contributed by atoms with Crippen molar-refractivity contribution in [3.8, 4) is 5.75 Å². The zero-order chi connectivity index (χ0) is 23.0. The quantitative estimate of drug-likeness (QED) is 0.638. The Balaban J connectivity index is 1.68. The highest BCUT2D eigenvalue weighted by Crippen LogP contribution is 2.28. The highest BCUT2D eigenvalue weighted by Gasteiger charge is 2.41. The fourth-order valence-electron chi connectivity index (χ4n) is 4.34. The molecule has 0 bridgehead atoms. The van der Waals surface area contributed by atoms with Crippen LogP contribution in [0.1, 0.15) is 46.7 Å². The maximum atomic E-state index is 13.9. The third-order valence-electron chi connectivity index (χ3n) is 5.85. The minimum atomic E-state index is -0.743. The summed E-state index contributed by atoms with van der Waals surface area (Å²) in [5, 5.41) is 0. The first-order valence-corrected chi connectivity index (χ1v) is 10.6. The average Bonchev–Trinajstić information content (AvgIpc) is 2.75. The Bertz CT molecular complexity index is 1130. The summed E-state index contributed by atoms with van der Waals surface area (Å²) in [6.07, 6.45) is 1.25. The highest BCUT2D eigenvalue weighted by atomic mass is 19.1. The Kier molecular flexibility index (Phi) is 6.10. The van der Waals surface area contributed by atoms with Gasteiger partial charge in [-0.25, -0.2) is 8.78 Å². The summed E-state index contributed by atoms with van der Waals surface area (Å²) in [5.74, 6) is -2.42. The van der Waals surface area contributed by atoms with Crippen molar-refractivity contribution in [2.45, 2.75) is 45.3 Å². The number of carbonyl (C=O) groups is 2. The molecule has 0 spiro atoms. The molecule has 32 heavy (non-hydrogen) atoms. The zero-order valence-corrected chi connectivity index (χ0v) is 17.9. The number of carbonyl (C=O) groups excluding carboxylic acids is 2. The van der Waals surface area contributed by atoms with E-state index >= 15 is 0 Å². The number of amides is 1. The Morgan fingerprint density at radius 3 is 2.75 bits per heavy atom. The number of ether oxygens (including phenoxy) is 2. The first kappa shape index (κ1) is 22.1. The molecule has 2 aromatic rings. The summed E-state index contributed by atoms with van der Waals surface area (Å²) in [6, 6.07) is 2.79. The SMILES string of the molecule is CCOc1c2n(cc(C(=O)CCc3ccc(F)cc3F)c1=O)C[C@@H]1COC[C@@H](C)N1C2=O. The molecular formula is C23H24F2N2O5. The molecule has 0 unspecified atom stereocenters. The lowest BCUT2D eigenvalue weighted by Gasteiger charge is -2.44. The van der Waals surface area contributed by atoms with Gasteiger partial charge in [0.25, 0.3) is 5.91 Å². The molecule has 0 aliphatic carbocycles. The van der Waals surface area contributed by atoms with Crippen molar-refractivity contribution < 1.29 is 27.8 Å². The van der Waals surface area contributed by atoms with E-state index in [9.17, 15) is 23.2 Å². The molecule has 170 valence electrons. The maximum Gasteiger partial charge on any atom is 0.275 e. The Hall–Kier alpha value is -3.07. The van der Waals surface area contributed by atoms with E-state index in [1.165, 1.54) is 12.3 Å². The molecule has 0 radical (unpaired) electrons. The number of halogens is 2. The van der Waals surface area contributed by atoms with Crippen molar-refractivity contribution in [2.75, 3.05) is 19.8 Å². The predicted molar refractivity (Wildman–Crippen MR) is 111 cm³/mol. The van der Waals surface area contributed by atoms with Gasteiger partial charge < -0.3 is 18.9 Å². The maximum absolute atomic E-state index is 13.9. The normalized spacial score (nSPS) is 20.0. The number of pyridine rings is 1. The topological polar surface area (TPSA) is 77.8 Å². The summed E-state index contributed by atoms with van der Waals surface area (Å²) >= 11 is 0. The van der Waals surface area contributed by atoms with Crippen LogP contribution in [0.15, 0.2) is 29.2 Å². The molecule has 0 saturated carbocycles. The van der Waals surface area contributed by atoms with Gasteiger partial charge in [-0.1, -0.05) is 6.07 Å². The van der Waals surface area contributed by atoms with Gasteiger partial charge in [0.15, 0.2) is 17.2 Å². The molecule has 1 aromatic carbocycles. The van der Waals surface area contributed by atoms with Crippen molar-refractivity contribution in [3.05, 3.63) is 63.1 Å². The van der Waals surface area contributed by atoms with E-state index in [0.717, 1.165) is 12.1 Å². The lowest BCUT2D eigenvalue weighted by Crippen LogP contribution is -2.59. The van der Waals surface area contributed by atoms with Crippen LogP contribution in [0, 0.1) is 11.6 Å². The number of aromatic nitrogens is 1. The van der Waals surface area contributed by atoms with Gasteiger partial charge in [0.1, 0.15) is 11.6 Å². The molecule has 1 saturated heterocycles. The Labute approximate surface area is 183 Å². The third-order valence-corrected chi connectivity index (χ3v) is 5.85. The monoisotopic (exact) mass is 446 g/mol. The Morgan fingerprint density at radius 2 is 2.03 bits per heavy atom. The summed E-state index contributed by atoms with van der Waals surface area (Å²) in [4.78, 5) is 40.9. The second-order valence-corrected chi connectivity index (χ2v) is 8.05. The zero-order valence-electron chi connectivity index (χ0n) is 17.9. The summed E-state index contributed by atoms with van der Waals surface area (Å²) in [5.41, 5.74) is -0.467. The van der Waals surface area contributed by atoms with Crippen LogP contribution >= 0.6 is 0 Å². The van der Waals surface area contributed by atoms with Crippen LogP contribution in [0.2, 0.25) is 0 Å². The van der Waals surface area contributed by atoms with Crippen LogP contribution in [0.4, 0.5) is 8.78 Å². The number of Topliss-reactive ketones (excluding diaryl/α,β-unsaturated/α-hetero) is 1. The van der Waals surface area contributed by atoms with Crippen LogP contribution < -0.4 is 10.2 Å². The summed E-state index contributed by atoms with van der Waals surface area (Å²) in [6.45, 7) is 4.85. The van der Waals surface area contributed by atoms with E-state index in [1.54, 1.807) is 16.4 Å². The molecule has 2 aliphatic rings. The van der Waals surface area contributed by atoms with Gasteiger partial charge >= 0.3 is 0 Å². The van der Waals surface area contributed by atoms with Crippen LogP contribution in [0.25, 0.3) is 0 Å². The van der Waals surface area contributed by atoms with Crippen molar-refractivity contribution in [3.63, 3.8) is 0 Å². The molecule has 1 fully saturated rings. The van der Waals surface area contributed by atoms with E-state index in [4.69, 9.17) is 9.47 Å². The first-order valence-electron chi connectivity index (χ1n) is 10.6. The number of nitrogens with zero attached hydrogens (tertiary/aromatic N) is 2. The first-order chi connectivity index (χ1) is 15.3. The minimum Gasteiger partial charge on any atom is -0.488 e. The molecule has 1 aromatic heterocycles. The largest absolute Gasteiger partial charge is 0.488 e. The van der Waals surface area contributed by atoms with Crippen molar-refractivity contribution in [1.82, 2.24) is 9.47 Å². The van der Waals surface area contributed by atoms with E-state index in [1.807, 2.05) is 6.92 Å². The lowest BCUT2D eigenvalue weighted by molar-refractivity contribution is -0.0417. The average molecular weight is 446 g/mol. The minimum absolute atomic E-state index is 0.0107. The standard InChI is InChI=1S/C23H24F2N2O5/c1-3-32-22-20-23(30)27-13(2)11-31-12-16(27)9-26(20)10-17(21(22)29)19(28)7-5-14-4-6-15(24)8-18(14)25/h4,6,8,10,13,16H,3,5,7,9,11-12H2,1-2H3/t13-,16-/m1/s1. The van der Waals surface area contributed by atoms with E-state index in [2.05, 4.69) is 0 Å². The van der Waals surface area contributed by atoms with Crippen LogP contribution in [0.5, 0.6) is 5.75 Å². The molecule has 0 N–H and O–H groups in total. The highest BCUT2D eigenvalue weighted by molar-refractivity contribution is 6.00. The van der Waals surface area contributed by atoms with Gasteiger partial charge in [-0.15, -0.1) is 0 Å². The number of hydrogen-bond donors (Lipinski definition) is 0. The van der Waals surface area contributed by atoms with Crippen molar-refractivity contribution in [1.29, 1.82) is 0 Å². The molecule has 3 heterocycles.